The Labute approximate surface area is 129 Å². The van der Waals surface area contributed by atoms with E-state index in [0.717, 1.165) is 27.3 Å². The van der Waals surface area contributed by atoms with Crippen LogP contribution in [-0.4, -0.2) is 25.1 Å². The normalized spacial score (nSPS) is 11.0. The maximum absolute atomic E-state index is 12.7. The number of aryl methyl sites for hydroxylation is 2. The zero-order chi connectivity index (χ0) is 16.8. The fourth-order valence-electron chi connectivity index (χ4n) is 2.58. The second-order valence-corrected chi connectivity index (χ2v) is 5.57. The standard InChI is InChI=1S/C17H21NO4/c1-8-9(2)11(4)15-13(10(8)3)14(19)12(5)16(22-15)17(20)18(6)21-7/h1-7H3. The third kappa shape index (κ3) is 2.22. The van der Waals surface area contributed by atoms with Gasteiger partial charge in [-0.2, -0.15) is 0 Å². The first kappa shape index (κ1) is 16.2. The third-order valence-corrected chi connectivity index (χ3v) is 4.50. The van der Waals surface area contributed by atoms with Crippen molar-refractivity contribution in [2.24, 2.45) is 0 Å². The predicted molar refractivity (Wildman–Crippen MR) is 85.3 cm³/mol. The molecule has 0 atom stereocenters. The van der Waals surface area contributed by atoms with Gasteiger partial charge in [-0.1, -0.05) is 0 Å². The van der Waals surface area contributed by atoms with E-state index >= 15 is 0 Å². The maximum atomic E-state index is 12.7. The Hall–Kier alpha value is -2.14. The van der Waals surface area contributed by atoms with E-state index in [1.54, 1.807) is 6.92 Å². The number of rotatable bonds is 2. The van der Waals surface area contributed by atoms with E-state index < -0.39 is 5.91 Å². The molecule has 0 fully saturated rings. The summed E-state index contributed by atoms with van der Waals surface area (Å²) in [5.74, 6) is -0.457. The average molecular weight is 303 g/mol. The SMILES string of the molecule is CON(C)C(=O)c1oc2c(C)c(C)c(C)c(C)c2c(=O)c1C. The second kappa shape index (κ2) is 5.57. The number of hydrogen-bond acceptors (Lipinski definition) is 4. The van der Waals surface area contributed by atoms with Crippen LogP contribution < -0.4 is 5.43 Å². The zero-order valence-electron chi connectivity index (χ0n) is 14.1. The van der Waals surface area contributed by atoms with Crippen molar-refractivity contribution in [1.29, 1.82) is 0 Å². The summed E-state index contributed by atoms with van der Waals surface area (Å²) >= 11 is 0. The van der Waals surface area contributed by atoms with Crippen LogP contribution in [0.3, 0.4) is 0 Å². The van der Waals surface area contributed by atoms with Crippen molar-refractivity contribution >= 4 is 16.9 Å². The van der Waals surface area contributed by atoms with Crippen LogP contribution in [-0.2, 0) is 4.84 Å². The van der Waals surface area contributed by atoms with Gasteiger partial charge in [0.1, 0.15) is 5.58 Å². The Morgan fingerprint density at radius 1 is 0.955 bits per heavy atom. The van der Waals surface area contributed by atoms with Gasteiger partial charge < -0.3 is 4.42 Å². The van der Waals surface area contributed by atoms with Crippen molar-refractivity contribution in [3.63, 3.8) is 0 Å². The van der Waals surface area contributed by atoms with E-state index in [9.17, 15) is 9.59 Å². The van der Waals surface area contributed by atoms with E-state index in [4.69, 9.17) is 9.25 Å². The molecule has 0 bridgehead atoms. The lowest BCUT2D eigenvalue weighted by molar-refractivity contribution is -0.0774. The number of carbonyl (C=O) groups is 1. The van der Waals surface area contributed by atoms with Crippen LogP contribution in [0.4, 0.5) is 0 Å². The topological polar surface area (TPSA) is 59.8 Å². The fraction of sp³-hybridized carbons (Fsp3) is 0.412. The van der Waals surface area contributed by atoms with Gasteiger partial charge in [0.15, 0.2) is 5.43 Å². The highest BCUT2D eigenvalue weighted by molar-refractivity contribution is 5.95. The van der Waals surface area contributed by atoms with E-state index in [1.165, 1.54) is 14.2 Å². The molecule has 0 aliphatic heterocycles. The monoisotopic (exact) mass is 303 g/mol. The number of hydroxylamine groups is 2. The van der Waals surface area contributed by atoms with E-state index in [0.29, 0.717) is 16.5 Å². The Kier molecular flexibility index (Phi) is 4.11. The minimum absolute atomic E-state index is 0.0209. The highest BCUT2D eigenvalue weighted by Gasteiger charge is 2.23. The molecule has 0 saturated carbocycles. The molecule has 2 rings (SSSR count). The Balaban J connectivity index is 2.95. The molecule has 1 aromatic carbocycles. The summed E-state index contributed by atoms with van der Waals surface area (Å²) in [6.07, 6.45) is 0. The van der Waals surface area contributed by atoms with E-state index in [1.807, 2.05) is 27.7 Å². The van der Waals surface area contributed by atoms with Crippen molar-refractivity contribution in [3.8, 4) is 0 Å². The van der Waals surface area contributed by atoms with Gasteiger partial charge in [0.05, 0.1) is 12.5 Å². The number of benzene rings is 1. The lowest BCUT2D eigenvalue weighted by Gasteiger charge is -2.17. The third-order valence-electron chi connectivity index (χ3n) is 4.50. The summed E-state index contributed by atoms with van der Waals surface area (Å²) in [5, 5.41) is 1.59. The van der Waals surface area contributed by atoms with Gasteiger partial charge in [0.2, 0.25) is 5.76 Å². The van der Waals surface area contributed by atoms with Crippen molar-refractivity contribution in [3.05, 3.63) is 43.8 Å². The van der Waals surface area contributed by atoms with Gasteiger partial charge in [-0.05, 0) is 56.9 Å². The van der Waals surface area contributed by atoms with Gasteiger partial charge in [-0.15, -0.1) is 0 Å². The molecule has 118 valence electrons. The first-order valence-electron chi connectivity index (χ1n) is 7.08. The lowest BCUT2D eigenvalue weighted by atomic mass is 9.94. The van der Waals surface area contributed by atoms with E-state index in [2.05, 4.69) is 0 Å². The molecule has 5 heteroatoms. The van der Waals surface area contributed by atoms with Crippen molar-refractivity contribution < 1.29 is 14.0 Å². The molecule has 1 amide bonds. The van der Waals surface area contributed by atoms with E-state index in [-0.39, 0.29) is 11.2 Å². The van der Waals surface area contributed by atoms with Gasteiger partial charge in [0.25, 0.3) is 0 Å². The molecule has 5 nitrogen and oxygen atoms in total. The fourth-order valence-corrected chi connectivity index (χ4v) is 2.58. The predicted octanol–water partition coefficient (Wildman–Crippen LogP) is 2.97. The van der Waals surface area contributed by atoms with Crippen molar-refractivity contribution in [1.82, 2.24) is 5.06 Å². The van der Waals surface area contributed by atoms with Crippen LogP contribution >= 0.6 is 0 Å². The summed E-state index contributed by atoms with van der Waals surface area (Å²) in [7, 11) is 2.86. The summed E-state index contributed by atoms with van der Waals surface area (Å²) < 4.78 is 5.83. The number of fused-ring (bicyclic) bond motifs is 1. The van der Waals surface area contributed by atoms with Gasteiger partial charge >= 0.3 is 5.91 Å². The van der Waals surface area contributed by atoms with Crippen molar-refractivity contribution in [2.45, 2.75) is 34.6 Å². The summed E-state index contributed by atoms with van der Waals surface area (Å²) in [6.45, 7) is 9.38. The minimum atomic E-state index is -0.478. The number of hydrogen-bond donors (Lipinski definition) is 0. The molecule has 0 radical (unpaired) electrons. The maximum Gasteiger partial charge on any atom is 0.313 e. The lowest BCUT2D eigenvalue weighted by Crippen LogP contribution is -2.28. The number of amides is 1. The molecule has 0 aliphatic rings. The molecule has 0 N–H and O–H groups in total. The largest absolute Gasteiger partial charge is 0.450 e. The van der Waals surface area contributed by atoms with Crippen molar-refractivity contribution in [2.75, 3.05) is 14.2 Å². The van der Waals surface area contributed by atoms with Crippen LogP contribution in [0.2, 0.25) is 0 Å². The Morgan fingerprint density at radius 2 is 1.50 bits per heavy atom. The first-order chi connectivity index (χ1) is 10.2. The Bertz CT molecular complexity index is 833. The molecule has 0 unspecified atom stereocenters. The quantitative estimate of drug-likeness (QED) is 0.800. The zero-order valence-corrected chi connectivity index (χ0v) is 14.1. The van der Waals surface area contributed by atoms with Gasteiger partial charge in [-0.25, -0.2) is 5.06 Å². The molecule has 1 aromatic heterocycles. The molecule has 0 saturated heterocycles. The number of nitrogens with zero attached hydrogens (tertiary/aromatic N) is 1. The van der Waals surface area contributed by atoms with Gasteiger partial charge in [-0.3, -0.25) is 14.4 Å². The first-order valence-corrected chi connectivity index (χ1v) is 7.08. The minimum Gasteiger partial charge on any atom is -0.450 e. The van der Waals surface area contributed by atoms with Gasteiger partial charge in [0, 0.05) is 12.6 Å². The highest BCUT2D eigenvalue weighted by Crippen LogP contribution is 2.28. The molecule has 22 heavy (non-hydrogen) atoms. The molecular formula is C17H21NO4. The molecular weight excluding hydrogens is 282 g/mol. The summed E-state index contributed by atoms with van der Waals surface area (Å²) in [4.78, 5) is 29.9. The van der Waals surface area contributed by atoms with Crippen LogP contribution in [0.1, 0.15) is 38.4 Å². The highest BCUT2D eigenvalue weighted by atomic mass is 16.7. The smallest absolute Gasteiger partial charge is 0.313 e. The molecule has 1 heterocycles. The van der Waals surface area contributed by atoms with Crippen LogP contribution in [0.15, 0.2) is 9.21 Å². The molecule has 2 aromatic rings. The Morgan fingerprint density at radius 3 is 2.05 bits per heavy atom. The second-order valence-electron chi connectivity index (χ2n) is 5.57. The van der Waals surface area contributed by atoms with Crippen LogP contribution in [0.25, 0.3) is 11.0 Å². The average Bonchev–Trinajstić information content (AvgIpc) is 2.51. The summed E-state index contributed by atoms with van der Waals surface area (Å²) in [6, 6.07) is 0. The molecule has 0 aliphatic carbocycles. The summed E-state index contributed by atoms with van der Waals surface area (Å²) in [5.41, 5.74) is 4.52. The van der Waals surface area contributed by atoms with Crippen LogP contribution in [0, 0.1) is 34.6 Å². The number of carbonyl (C=O) groups excluding carboxylic acids is 1. The molecule has 0 spiro atoms. The van der Waals surface area contributed by atoms with Crippen LogP contribution in [0.5, 0.6) is 0 Å².